The van der Waals surface area contributed by atoms with Crippen LogP contribution < -0.4 is 5.32 Å². The molecule has 5 nitrogen and oxygen atoms in total. The number of amides is 2. The molecule has 1 aliphatic carbocycles. The number of piperidine rings is 1. The fourth-order valence-corrected chi connectivity index (χ4v) is 5.87. The van der Waals surface area contributed by atoms with Crippen LogP contribution in [0.5, 0.6) is 0 Å². The number of rotatable bonds is 5. The van der Waals surface area contributed by atoms with Crippen molar-refractivity contribution in [1.82, 2.24) is 15.2 Å². The van der Waals surface area contributed by atoms with Gasteiger partial charge < -0.3 is 10.2 Å². The Morgan fingerprint density at radius 2 is 2.00 bits per heavy atom. The highest BCUT2D eigenvalue weighted by molar-refractivity contribution is 7.15. The number of fused-ring (bicyclic) bond motifs is 1. The number of hydrogen-bond donors (Lipinski definition) is 1. The van der Waals surface area contributed by atoms with Crippen LogP contribution in [0.4, 0.5) is 17.6 Å². The molecule has 3 atom stereocenters. The summed E-state index contributed by atoms with van der Waals surface area (Å²) in [5, 5.41) is 3.76. The molecule has 0 spiro atoms. The molecule has 0 bridgehead atoms. The lowest BCUT2D eigenvalue weighted by atomic mass is 10.1. The molecule has 0 unspecified atom stereocenters. The van der Waals surface area contributed by atoms with Crippen molar-refractivity contribution in [3.63, 3.8) is 0 Å². The molecule has 2 heterocycles. The van der Waals surface area contributed by atoms with Crippen molar-refractivity contribution in [3.05, 3.63) is 75.1 Å². The van der Waals surface area contributed by atoms with Crippen molar-refractivity contribution in [3.8, 4) is 10.4 Å². The molecule has 1 aliphatic heterocycles. The van der Waals surface area contributed by atoms with E-state index in [0.717, 1.165) is 29.9 Å². The Balaban J connectivity index is 1.39. The summed E-state index contributed by atoms with van der Waals surface area (Å²) in [6.45, 7) is 2.32. The monoisotopic (exact) mass is 537 g/mol. The number of aromatic nitrogens is 1. The van der Waals surface area contributed by atoms with Gasteiger partial charge in [-0.1, -0.05) is 17.7 Å². The van der Waals surface area contributed by atoms with Crippen molar-refractivity contribution >= 4 is 34.8 Å². The number of likely N-dealkylation sites (tertiary alicyclic amines) is 1. The number of benzene rings is 2. The third kappa shape index (κ3) is 4.84. The lowest BCUT2D eigenvalue weighted by Crippen LogP contribution is -2.45. The van der Waals surface area contributed by atoms with E-state index in [1.807, 2.05) is 0 Å². The average molecular weight is 538 g/mol. The Kier molecular flexibility index (Phi) is 6.28. The number of nitrogens with zero attached hydrogens (tertiary/aromatic N) is 2. The zero-order valence-electron chi connectivity index (χ0n) is 18.9. The molecule has 1 saturated carbocycles. The van der Waals surface area contributed by atoms with Gasteiger partial charge in [-0.3, -0.25) is 9.59 Å². The lowest BCUT2D eigenvalue weighted by Gasteiger charge is -2.27. The number of nitrogens with one attached hydrogen (secondary N) is 1. The van der Waals surface area contributed by atoms with Gasteiger partial charge in [0, 0.05) is 23.7 Å². The maximum absolute atomic E-state index is 14.1. The molecule has 1 N–H and O–H groups in total. The van der Waals surface area contributed by atoms with Crippen LogP contribution in [0.3, 0.4) is 0 Å². The minimum absolute atomic E-state index is 0.0105. The van der Waals surface area contributed by atoms with Gasteiger partial charge in [0.15, 0.2) is 0 Å². The Morgan fingerprint density at radius 3 is 2.72 bits per heavy atom. The first-order valence-electron chi connectivity index (χ1n) is 11.2. The number of carbonyl (C=O) groups excluding carboxylic acids is 2. The normalized spacial score (nSPS) is 20.8. The summed E-state index contributed by atoms with van der Waals surface area (Å²) >= 11 is 7.00. The number of thiazole rings is 1. The van der Waals surface area contributed by atoms with Gasteiger partial charge in [0.2, 0.25) is 0 Å². The molecule has 36 heavy (non-hydrogen) atoms. The zero-order chi connectivity index (χ0) is 25.8. The minimum atomic E-state index is -4.73. The van der Waals surface area contributed by atoms with Crippen LogP contribution in [0.15, 0.2) is 42.5 Å². The summed E-state index contributed by atoms with van der Waals surface area (Å²) in [5.41, 5.74) is -0.796. The van der Waals surface area contributed by atoms with E-state index in [-0.39, 0.29) is 40.5 Å². The van der Waals surface area contributed by atoms with Crippen molar-refractivity contribution in [2.45, 2.75) is 25.6 Å². The van der Waals surface area contributed by atoms with Gasteiger partial charge >= 0.3 is 6.18 Å². The Bertz CT molecular complexity index is 1360. The molecule has 3 aromatic rings. The molecule has 2 aromatic carbocycles. The van der Waals surface area contributed by atoms with Crippen LogP contribution in [-0.4, -0.2) is 40.8 Å². The first-order valence-corrected chi connectivity index (χ1v) is 12.4. The highest BCUT2D eigenvalue weighted by atomic mass is 35.5. The molecule has 188 valence electrons. The summed E-state index contributed by atoms with van der Waals surface area (Å²) < 4.78 is 53.9. The number of alkyl halides is 3. The molecule has 2 amide bonds. The van der Waals surface area contributed by atoms with E-state index < -0.39 is 23.5 Å². The van der Waals surface area contributed by atoms with Crippen LogP contribution in [0.2, 0.25) is 5.02 Å². The highest BCUT2D eigenvalue weighted by Gasteiger charge is 2.54. The second-order valence-electron chi connectivity index (χ2n) is 9.04. The van der Waals surface area contributed by atoms with Gasteiger partial charge in [0.05, 0.1) is 21.5 Å². The molecular weight excluding hydrogens is 518 g/mol. The minimum Gasteiger partial charge on any atom is -0.350 e. The largest absolute Gasteiger partial charge is 0.416 e. The maximum atomic E-state index is 14.1. The average Bonchev–Trinajstić information content (AvgIpc) is 3.32. The number of hydrogen-bond acceptors (Lipinski definition) is 4. The third-order valence-electron chi connectivity index (χ3n) is 6.55. The fourth-order valence-electron chi connectivity index (χ4n) is 4.78. The molecule has 1 aromatic heterocycles. The van der Waals surface area contributed by atoms with E-state index in [1.165, 1.54) is 0 Å². The number of aryl methyl sites for hydroxylation is 1. The second kappa shape index (κ2) is 9.15. The summed E-state index contributed by atoms with van der Waals surface area (Å²) in [6, 6.07) is 8.46. The maximum Gasteiger partial charge on any atom is 0.416 e. The second-order valence-corrected chi connectivity index (χ2v) is 10.7. The van der Waals surface area contributed by atoms with Crippen molar-refractivity contribution in [1.29, 1.82) is 0 Å². The van der Waals surface area contributed by atoms with Gasteiger partial charge in [-0.05, 0) is 67.1 Å². The lowest BCUT2D eigenvalue weighted by molar-refractivity contribution is -0.137. The first kappa shape index (κ1) is 24.7. The summed E-state index contributed by atoms with van der Waals surface area (Å²) in [5.74, 6) is -1.28. The molecular formula is C25H20ClF4N3O2S. The first-order chi connectivity index (χ1) is 17.0. The van der Waals surface area contributed by atoms with E-state index in [4.69, 9.17) is 11.6 Å². The van der Waals surface area contributed by atoms with Crippen molar-refractivity contribution in [2.75, 3.05) is 13.1 Å². The van der Waals surface area contributed by atoms with Gasteiger partial charge in [-0.2, -0.15) is 13.2 Å². The number of carbonyl (C=O) groups is 2. The summed E-state index contributed by atoms with van der Waals surface area (Å²) in [4.78, 5) is 32.3. The van der Waals surface area contributed by atoms with Gasteiger partial charge in [0.1, 0.15) is 11.5 Å². The zero-order valence-corrected chi connectivity index (χ0v) is 20.5. The number of halogens is 5. The van der Waals surface area contributed by atoms with Crippen molar-refractivity contribution in [2.24, 2.45) is 11.8 Å². The molecule has 11 heteroatoms. The van der Waals surface area contributed by atoms with Gasteiger partial charge in [-0.25, -0.2) is 9.37 Å². The SMILES string of the molecule is Cc1nc(C(=O)N2C[C@@H]3C[C@@H]3[C@H]2CNC(=O)c2cccc(Cl)c2)c(-c2cc(F)cc(C(F)(F)F)c2)s1. The Hall–Kier alpha value is -2.98. The Labute approximate surface area is 213 Å². The molecule has 1 saturated heterocycles. The molecule has 0 radical (unpaired) electrons. The van der Waals surface area contributed by atoms with E-state index in [9.17, 15) is 27.2 Å². The van der Waals surface area contributed by atoms with Crippen molar-refractivity contribution < 1.29 is 27.2 Å². The Morgan fingerprint density at radius 1 is 1.22 bits per heavy atom. The van der Waals surface area contributed by atoms with Crippen LogP contribution >= 0.6 is 22.9 Å². The molecule has 2 aliphatic rings. The summed E-state index contributed by atoms with van der Waals surface area (Å²) in [6.07, 6.45) is -3.80. The van der Waals surface area contributed by atoms with Crippen LogP contribution in [-0.2, 0) is 6.18 Å². The van der Waals surface area contributed by atoms with E-state index >= 15 is 0 Å². The van der Waals surface area contributed by atoms with Gasteiger partial charge in [-0.15, -0.1) is 11.3 Å². The summed E-state index contributed by atoms with van der Waals surface area (Å²) in [7, 11) is 0. The topological polar surface area (TPSA) is 62.3 Å². The van der Waals surface area contributed by atoms with Crippen LogP contribution in [0.25, 0.3) is 10.4 Å². The molecule has 5 rings (SSSR count). The van der Waals surface area contributed by atoms with Crippen LogP contribution in [0.1, 0.15) is 37.8 Å². The van der Waals surface area contributed by atoms with Crippen LogP contribution in [0, 0.1) is 24.6 Å². The van der Waals surface area contributed by atoms with E-state index in [2.05, 4.69) is 10.3 Å². The van der Waals surface area contributed by atoms with E-state index in [0.29, 0.717) is 34.1 Å². The quantitative estimate of drug-likeness (QED) is 0.417. The predicted octanol–water partition coefficient (Wildman–Crippen LogP) is 5.82. The molecule has 2 fully saturated rings. The van der Waals surface area contributed by atoms with E-state index in [1.54, 1.807) is 36.1 Å². The smallest absolute Gasteiger partial charge is 0.350 e. The highest BCUT2D eigenvalue weighted by Crippen LogP contribution is 2.50. The third-order valence-corrected chi connectivity index (χ3v) is 7.80. The standard InChI is InChI=1S/C25H20ClF4N3O2S/c1-12-32-21(22(36-12)14-5-16(25(28,29)30)9-18(27)7-14)24(35)33-11-15-8-19(15)20(33)10-31-23(34)13-3-2-4-17(26)6-13/h2-7,9,15,19-20H,8,10-11H2,1H3,(H,31,34)/t15-,19-,20+/m0/s1. The van der Waals surface area contributed by atoms with Gasteiger partial charge in [0.25, 0.3) is 11.8 Å². The predicted molar refractivity (Wildman–Crippen MR) is 127 cm³/mol. The fraction of sp³-hybridized carbons (Fsp3) is 0.320.